The number of amides is 2. The Morgan fingerprint density at radius 3 is 2.16 bits per heavy atom. The predicted octanol–water partition coefficient (Wildman–Crippen LogP) is 2.08. The van der Waals surface area contributed by atoms with E-state index in [1.807, 2.05) is 25.7 Å². The van der Waals surface area contributed by atoms with E-state index in [2.05, 4.69) is 19.2 Å². The predicted molar refractivity (Wildman–Crippen MR) is 74.6 cm³/mol. The Balaban J connectivity index is 2.40. The first-order valence-electron chi connectivity index (χ1n) is 7.45. The van der Waals surface area contributed by atoms with E-state index in [0.717, 1.165) is 25.7 Å². The number of rotatable bonds is 4. The highest BCUT2D eigenvalue weighted by molar-refractivity contribution is 6.02. The lowest BCUT2D eigenvalue weighted by atomic mass is 9.83. The maximum absolute atomic E-state index is 13.0. The number of hydrogen-bond acceptors (Lipinski definition) is 2. The zero-order valence-corrected chi connectivity index (χ0v) is 12.7. The van der Waals surface area contributed by atoms with Crippen molar-refractivity contribution in [1.29, 1.82) is 0 Å². The van der Waals surface area contributed by atoms with Crippen molar-refractivity contribution < 1.29 is 9.59 Å². The van der Waals surface area contributed by atoms with Crippen molar-refractivity contribution in [3.05, 3.63) is 0 Å². The van der Waals surface area contributed by atoms with E-state index >= 15 is 0 Å². The molecule has 1 unspecified atom stereocenters. The Morgan fingerprint density at radius 2 is 1.74 bits per heavy atom. The van der Waals surface area contributed by atoms with Gasteiger partial charge in [0.1, 0.15) is 11.1 Å². The average Bonchev–Trinajstić information content (AvgIpc) is 3.17. The quantitative estimate of drug-likeness (QED) is 0.847. The lowest BCUT2D eigenvalue weighted by Gasteiger charge is -2.52. The molecule has 2 rings (SSSR count). The second kappa shape index (κ2) is 4.50. The third-order valence-corrected chi connectivity index (χ3v) is 4.90. The van der Waals surface area contributed by atoms with Crippen LogP contribution in [0.25, 0.3) is 0 Å². The average molecular weight is 266 g/mol. The van der Waals surface area contributed by atoms with Crippen LogP contribution in [0.3, 0.4) is 0 Å². The highest BCUT2D eigenvalue weighted by atomic mass is 16.2. The number of nitrogens with zero attached hydrogens (tertiary/aromatic N) is 1. The minimum absolute atomic E-state index is 0.0200. The molecule has 0 radical (unpaired) electrons. The van der Waals surface area contributed by atoms with Gasteiger partial charge < -0.3 is 10.2 Å². The summed E-state index contributed by atoms with van der Waals surface area (Å²) in [6.45, 7) is 9.77. The number of carbonyl (C=O) groups excluding carboxylic acids is 2. The second-order valence-electron chi connectivity index (χ2n) is 6.64. The summed E-state index contributed by atoms with van der Waals surface area (Å²) in [5.74, 6) is 0.401. The summed E-state index contributed by atoms with van der Waals surface area (Å²) in [6.07, 6.45) is 3.86. The van der Waals surface area contributed by atoms with Crippen LogP contribution in [0.1, 0.15) is 60.3 Å². The molecule has 1 saturated carbocycles. The fourth-order valence-corrected chi connectivity index (χ4v) is 3.27. The molecule has 108 valence electrons. The van der Waals surface area contributed by atoms with Crippen LogP contribution in [0.2, 0.25) is 0 Å². The molecule has 4 heteroatoms. The molecule has 2 fully saturated rings. The fourth-order valence-electron chi connectivity index (χ4n) is 3.27. The Hall–Kier alpha value is -1.06. The van der Waals surface area contributed by atoms with Crippen LogP contribution in [0.4, 0.5) is 0 Å². The van der Waals surface area contributed by atoms with Gasteiger partial charge in [-0.3, -0.25) is 9.59 Å². The van der Waals surface area contributed by atoms with Crippen LogP contribution < -0.4 is 5.32 Å². The maximum atomic E-state index is 13.0. The molecule has 19 heavy (non-hydrogen) atoms. The molecule has 1 saturated heterocycles. The highest BCUT2D eigenvalue weighted by Gasteiger charge is 2.58. The number of carbonyl (C=O) groups is 2. The van der Waals surface area contributed by atoms with Crippen molar-refractivity contribution in [1.82, 2.24) is 10.2 Å². The number of piperazine rings is 1. The summed E-state index contributed by atoms with van der Waals surface area (Å²) in [7, 11) is 0. The molecule has 1 aliphatic carbocycles. The molecular weight excluding hydrogens is 240 g/mol. The third kappa shape index (κ3) is 2.05. The van der Waals surface area contributed by atoms with E-state index in [9.17, 15) is 9.59 Å². The van der Waals surface area contributed by atoms with E-state index in [1.165, 1.54) is 0 Å². The largest absolute Gasteiger partial charge is 0.340 e. The molecule has 1 heterocycles. The van der Waals surface area contributed by atoms with Crippen LogP contribution in [0.15, 0.2) is 0 Å². The first-order valence-corrected chi connectivity index (χ1v) is 7.45. The zero-order valence-electron chi connectivity index (χ0n) is 12.7. The molecule has 4 nitrogen and oxygen atoms in total. The normalized spacial score (nSPS) is 30.7. The molecule has 1 N–H and O–H groups in total. The van der Waals surface area contributed by atoms with Crippen molar-refractivity contribution in [3.63, 3.8) is 0 Å². The molecule has 1 atom stereocenters. The summed E-state index contributed by atoms with van der Waals surface area (Å²) in [5.41, 5.74) is -1.43. The Morgan fingerprint density at radius 1 is 1.21 bits per heavy atom. The fraction of sp³-hybridized carbons (Fsp3) is 0.867. The zero-order chi connectivity index (χ0) is 14.4. The topological polar surface area (TPSA) is 49.4 Å². The number of hydrogen-bond donors (Lipinski definition) is 1. The Labute approximate surface area is 115 Å². The molecule has 1 aliphatic heterocycles. The van der Waals surface area contributed by atoms with Crippen LogP contribution in [-0.2, 0) is 9.59 Å². The lowest BCUT2D eigenvalue weighted by Crippen LogP contribution is -2.75. The van der Waals surface area contributed by atoms with Gasteiger partial charge in [-0.25, -0.2) is 0 Å². The minimum Gasteiger partial charge on any atom is -0.340 e. The van der Waals surface area contributed by atoms with Crippen molar-refractivity contribution in [2.75, 3.05) is 0 Å². The molecule has 0 aromatic carbocycles. The Bertz CT molecular complexity index is 397. The lowest BCUT2D eigenvalue weighted by molar-refractivity contribution is -0.165. The molecule has 0 aromatic heterocycles. The van der Waals surface area contributed by atoms with E-state index in [4.69, 9.17) is 0 Å². The van der Waals surface area contributed by atoms with Crippen LogP contribution in [0.5, 0.6) is 0 Å². The van der Waals surface area contributed by atoms with E-state index in [0.29, 0.717) is 5.92 Å². The summed E-state index contributed by atoms with van der Waals surface area (Å²) >= 11 is 0. The second-order valence-corrected chi connectivity index (χ2v) is 6.64. The highest BCUT2D eigenvalue weighted by Crippen LogP contribution is 2.44. The van der Waals surface area contributed by atoms with Crippen LogP contribution in [0, 0.1) is 5.92 Å². The summed E-state index contributed by atoms with van der Waals surface area (Å²) in [4.78, 5) is 27.3. The van der Waals surface area contributed by atoms with Crippen molar-refractivity contribution in [3.8, 4) is 0 Å². The van der Waals surface area contributed by atoms with Crippen LogP contribution in [-0.4, -0.2) is 33.8 Å². The van der Waals surface area contributed by atoms with Gasteiger partial charge in [0, 0.05) is 6.04 Å². The SMILES string of the molecule is CCC(CC)N1C(=O)C(C)(C2CC2)NC(=O)C1(C)C. The number of nitrogens with one attached hydrogen (secondary N) is 1. The molecule has 0 bridgehead atoms. The standard InChI is InChI=1S/C15H26N2O2/c1-6-11(7-2)17-13(19)15(5,10-8-9-10)16-12(18)14(17,3)4/h10-11H,6-9H2,1-5H3,(H,16,18). The van der Waals surface area contributed by atoms with E-state index < -0.39 is 11.1 Å². The molecular formula is C15H26N2O2. The van der Waals surface area contributed by atoms with Gasteiger partial charge in [-0.2, -0.15) is 0 Å². The van der Waals surface area contributed by atoms with Gasteiger partial charge in [-0.05, 0) is 52.4 Å². The van der Waals surface area contributed by atoms with Gasteiger partial charge >= 0.3 is 0 Å². The maximum Gasteiger partial charge on any atom is 0.249 e. The van der Waals surface area contributed by atoms with Crippen molar-refractivity contribution in [2.45, 2.75) is 77.4 Å². The van der Waals surface area contributed by atoms with E-state index in [1.54, 1.807) is 0 Å². The minimum atomic E-state index is -0.748. The van der Waals surface area contributed by atoms with E-state index in [-0.39, 0.29) is 17.9 Å². The Kier molecular flexibility index (Phi) is 3.40. The van der Waals surface area contributed by atoms with Crippen molar-refractivity contribution in [2.24, 2.45) is 5.92 Å². The molecule has 0 aromatic rings. The van der Waals surface area contributed by atoms with Gasteiger partial charge in [0.05, 0.1) is 0 Å². The monoisotopic (exact) mass is 266 g/mol. The van der Waals surface area contributed by atoms with Gasteiger partial charge in [-0.15, -0.1) is 0 Å². The van der Waals surface area contributed by atoms with Gasteiger partial charge in [0.2, 0.25) is 11.8 Å². The summed E-state index contributed by atoms with van der Waals surface area (Å²) in [5, 5.41) is 3.00. The van der Waals surface area contributed by atoms with Gasteiger partial charge in [0.25, 0.3) is 0 Å². The molecule has 2 amide bonds. The summed E-state index contributed by atoms with van der Waals surface area (Å²) in [6, 6.07) is 0.145. The molecule has 0 spiro atoms. The first kappa shape index (κ1) is 14.4. The summed E-state index contributed by atoms with van der Waals surface area (Å²) < 4.78 is 0. The first-order chi connectivity index (χ1) is 8.79. The van der Waals surface area contributed by atoms with Crippen LogP contribution >= 0.6 is 0 Å². The third-order valence-electron chi connectivity index (χ3n) is 4.90. The van der Waals surface area contributed by atoms with Gasteiger partial charge in [-0.1, -0.05) is 13.8 Å². The molecule has 2 aliphatic rings. The van der Waals surface area contributed by atoms with Crippen molar-refractivity contribution >= 4 is 11.8 Å². The van der Waals surface area contributed by atoms with Gasteiger partial charge in [0.15, 0.2) is 0 Å². The smallest absolute Gasteiger partial charge is 0.249 e.